The molecule has 4 heterocycles. The van der Waals surface area contributed by atoms with E-state index in [-0.39, 0.29) is 25.1 Å². The Kier molecular flexibility index (Phi) is 6.73. The Morgan fingerprint density at radius 3 is 2.89 bits per heavy atom. The molecule has 0 fully saturated rings. The minimum Gasteiger partial charge on any atom is -0.392 e. The zero-order valence-corrected chi connectivity index (χ0v) is 20.1. The van der Waals surface area contributed by atoms with Gasteiger partial charge in [-0.25, -0.2) is 9.37 Å². The fraction of sp³-hybridized carbons (Fsp3) is 0.240. The fourth-order valence-electron chi connectivity index (χ4n) is 4.38. The number of aliphatic hydroxyl groups excluding tert-OH is 1. The highest BCUT2D eigenvalue weighted by Gasteiger charge is 2.34. The summed E-state index contributed by atoms with van der Waals surface area (Å²) in [5.41, 5.74) is 3.01. The number of amides is 1. The van der Waals surface area contributed by atoms with Crippen molar-refractivity contribution in [2.24, 2.45) is 0 Å². The Balaban J connectivity index is 1.48. The topological polar surface area (TPSA) is 106 Å². The third kappa shape index (κ3) is 4.70. The van der Waals surface area contributed by atoms with E-state index in [1.54, 1.807) is 30.2 Å². The minimum atomic E-state index is -0.428. The molecule has 1 aliphatic heterocycles. The van der Waals surface area contributed by atoms with Crippen LogP contribution in [0.5, 0.6) is 0 Å². The van der Waals surface area contributed by atoms with Crippen LogP contribution in [0.2, 0.25) is 5.02 Å². The van der Waals surface area contributed by atoms with E-state index >= 15 is 0 Å². The van der Waals surface area contributed by atoms with Crippen molar-refractivity contribution in [3.8, 4) is 11.1 Å². The Morgan fingerprint density at radius 2 is 2.14 bits per heavy atom. The molecule has 0 spiro atoms. The molecule has 11 heteroatoms. The molecule has 5 rings (SSSR count). The number of aromatic nitrogens is 3. The van der Waals surface area contributed by atoms with Gasteiger partial charge in [-0.05, 0) is 35.4 Å². The number of nitrogens with one attached hydrogen (secondary N) is 1. The lowest BCUT2D eigenvalue weighted by molar-refractivity contribution is 0.0386. The number of rotatable bonds is 8. The molecule has 0 saturated heterocycles. The number of anilines is 2. The maximum Gasteiger partial charge on any atom is 0.271 e. The van der Waals surface area contributed by atoms with E-state index in [0.717, 1.165) is 5.56 Å². The predicted octanol–water partition coefficient (Wildman–Crippen LogP) is 4.24. The Morgan fingerprint density at radius 1 is 1.28 bits per heavy atom. The zero-order chi connectivity index (χ0) is 25.2. The van der Waals surface area contributed by atoms with Gasteiger partial charge in [0, 0.05) is 49.8 Å². The predicted molar refractivity (Wildman–Crippen MR) is 130 cm³/mol. The van der Waals surface area contributed by atoms with Gasteiger partial charge in [-0.15, -0.1) is 0 Å². The van der Waals surface area contributed by atoms with Crippen LogP contribution >= 0.6 is 11.6 Å². The molecule has 1 unspecified atom stereocenters. The van der Waals surface area contributed by atoms with Crippen molar-refractivity contribution in [2.45, 2.75) is 25.7 Å². The average molecular weight is 512 g/mol. The monoisotopic (exact) mass is 511 g/mol. The first-order valence-corrected chi connectivity index (χ1v) is 11.6. The number of ether oxygens (including phenoxy) is 1. The van der Waals surface area contributed by atoms with E-state index in [2.05, 4.69) is 15.5 Å². The van der Waals surface area contributed by atoms with Crippen molar-refractivity contribution < 1.29 is 23.6 Å². The molecule has 3 aromatic heterocycles. The number of pyridine rings is 1. The van der Waals surface area contributed by atoms with Crippen molar-refractivity contribution in [1.29, 1.82) is 0 Å². The molecule has 0 saturated carbocycles. The Hall–Kier alpha value is -3.73. The van der Waals surface area contributed by atoms with Gasteiger partial charge in [0.25, 0.3) is 5.91 Å². The molecule has 2 N–H and O–H groups in total. The number of nitrogens with zero attached hydrogens (tertiary/aromatic N) is 4. The van der Waals surface area contributed by atoms with Gasteiger partial charge in [0.05, 0.1) is 30.5 Å². The van der Waals surface area contributed by atoms with Crippen LogP contribution in [0, 0.1) is 5.82 Å². The number of hydrogen-bond acceptors (Lipinski definition) is 7. The number of aliphatic hydroxyl groups is 1. The molecule has 1 aliphatic rings. The molecule has 9 nitrogen and oxygen atoms in total. The number of carbonyl (C=O) groups is 1. The van der Waals surface area contributed by atoms with Gasteiger partial charge >= 0.3 is 0 Å². The van der Waals surface area contributed by atoms with E-state index in [0.29, 0.717) is 52.3 Å². The minimum absolute atomic E-state index is 0.141. The molecule has 1 amide bonds. The quantitative estimate of drug-likeness (QED) is 0.364. The summed E-state index contributed by atoms with van der Waals surface area (Å²) in [7, 11) is 1.57. The van der Waals surface area contributed by atoms with Crippen molar-refractivity contribution >= 4 is 29.2 Å². The first kappa shape index (κ1) is 24.0. The maximum absolute atomic E-state index is 14.0. The highest BCUT2D eigenvalue weighted by atomic mass is 35.5. The van der Waals surface area contributed by atoms with Crippen LogP contribution < -0.4 is 5.32 Å². The second-order valence-electron chi connectivity index (χ2n) is 8.43. The molecule has 1 atom stereocenters. The van der Waals surface area contributed by atoms with Crippen molar-refractivity contribution in [3.63, 3.8) is 0 Å². The van der Waals surface area contributed by atoms with Crippen LogP contribution in [-0.2, 0) is 24.4 Å². The molecule has 186 valence electrons. The number of benzene rings is 1. The van der Waals surface area contributed by atoms with Crippen LogP contribution in [0.15, 0.2) is 59.5 Å². The largest absolute Gasteiger partial charge is 0.392 e. The van der Waals surface area contributed by atoms with Crippen LogP contribution in [0.25, 0.3) is 11.1 Å². The van der Waals surface area contributed by atoms with Crippen LogP contribution in [0.3, 0.4) is 0 Å². The van der Waals surface area contributed by atoms with Gasteiger partial charge in [0.1, 0.15) is 17.3 Å². The standard InChI is InChI=1S/C25H23ClFN5O4/c1-35-14-19-12-31-10-17(20-8-23(28-9-21(20)26)30-24-4-5-29-36-24)7-22(31)25(34)32(19)11-16-6-18(27)3-2-15(16)13-33/h2-10,19,33H,11-14H2,1H3,(H,28,30). The maximum atomic E-state index is 14.0. The highest BCUT2D eigenvalue weighted by molar-refractivity contribution is 6.33. The third-order valence-corrected chi connectivity index (χ3v) is 6.42. The molecule has 4 aromatic rings. The van der Waals surface area contributed by atoms with Crippen LogP contribution in [-0.4, -0.2) is 50.4 Å². The van der Waals surface area contributed by atoms with Crippen LogP contribution in [0.4, 0.5) is 16.1 Å². The number of hydrogen-bond donors (Lipinski definition) is 2. The van der Waals surface area contributed by atoms with E-state index < -0.39 is 5.82 Å². The van der Waals surface area contributed by atoms with Crippen molar-refractivity contribution in [1.82, 2.24) is 19.6 Å². The summed E-state index contributed by atoms with van der Waals surface area (Å²) in [6.07, 6.45) is 4.91. The van der Waals surface area contributed by atoms with E-state index in [1.807, 2.05) is 10.8 Å². The SMILES string of the molecule is COCC1Cn2cc(-c3cc(Nc4ccno4)ncc3Cl)cc2C(=O)N1Cc1cc(F)ccc1CO. The highest BCUT2D eigenvalue weighted by Crippen LogP contribution is 2.34. The second kappa shape index (κ2) is 10.1. The fourth-order valence-corrected chi connectivity index (χ4v) is 4.59. The molecular weight excluding hydrogens is 489 g/mol. The first-order valence-electron chi connectivity index (χ1n) is 11.2. The second-order valence-corrected chi connectivity index (χ2v) is 8.84. The summed E-state index contributed by atoms with van der Waals surface area (Å²) in [5, 5.41) is 16.8. The van der Waals surface area contributed by atoms with E-state index in [1.165, 1.54) is 30.6 Å². The molecular formula is C25H23ClFN5O4. The lowest BCUT2D eigenvalue weighted by atomic mass is 10.0. The first-order chi connectivity index (χ1) is 17.5. The summed E-state index contributed by atoms with van der Waals surface area (Å²) in [5.74, 6) is 0.276. The number of fused-ring (bicyclic) bond motifs is 1. The number of carbonyl (C=O) groups excluding carboxylic acids is 1. The van der Waals surface area contributed by atoms with Gasteiger partial charge in [-0.2, -0.15) is 0 Å². The molecule has 0 bridgehead atoms. The lowest BCUT2D eigenvalue weighted by Crippen LogP contribution is -2.49. The van der Waals surface area contributed by atoms with Gasteiger partial charge in [0.2, 0.25) is 5.88 Å². The molecule has 36 heavy (non-hydrogen) atoms. The summed E-state index contributed by atoms with van der Waals surface area (Å²) in [6.45, 7) is 0.661. The van der Waals surface area contributed by atoms with Crippen molar-refractivity contribution in [3.05, 3.63) is 82.6 Å². The number of methoxy groups -OCH3 is 1. The summed E-state index contributed by atoms with van der Waals surface area (Å²) in [4.78, 5) is 19.5. The summed E-state index contributed by atoms with van der Waals surface area (Å²) >= 11 is 6.47. The van der Waals surface area contributed by atoms with Gasteiger partial charge in [-0.3, -0.25) is 4.79 Å². The lowest BCUT2D eigenvalue weighted by Gasteiger charge is -2.36. The Bertz CT molecular complexity index is 1390. The number of halogens is 2. The molecule has 1 aromatic carbocycles. The summed E-state index contributed by atoms with van der Waals surface area (Å²) < 4.78 is 26.3. The van der Waals surface area contributed by atoms with E-state index in [9.17, 15) is 14.3 Å². The van der Waals surface area contributed by atoms with Crippen LogP contribution in [0.1, 0.15) is 21.6 Å². The van der Waals surface area contributed by atoms with Gasteiger partial charge in [-0.1, -0.05) is 22.8 Å². The smallest absolute Gasteiger partial charge is 0.271 e. The van der Waals surface area contributed by atoms with Gasteiger partial charge < -0.3 is 29.2 Å². The van der Waals surface area contributed by atoms with Crippen molar-refractivity contribution in [2.75, 3.05) is 19.0 Å². The Labute approximate surface area is 211 Å². The van der Waals surface area contributed by atoms with E-state index in [4.69, 9.17) is 20.9 Å². The normalized spacial score (nSPS) is 15.3. The zero-order valence-electron chi connectivity index (χ0n) is 19.3. The van der Waals surface area contributed by atoms with Gasteiger partial charge in [0.15, 0.2) is 0 Å². The average Bonchev–Trinajstić information content (AvgIpc) is 3.53. The third-order valence-electron chi connectivity index (χ3n) is 6.12. The molecule has 0 aliphatic carbocycles. The summed E-state index contributed by atoms with van der Waals surface area (Å²) in [6, 6.07) is 9.08. The molecule has 0 radical (unpaired) electrons.